The number of thiophene rings is 1. The monoisotopic (exact) mass is 522 g/mol. The maximum Gasteiger partial charge on any atom is 0.267 e. The number of anilines is 1. The number of fused-ring (bicyclic) bond motifs is 3. The van der Waals surface area contributed by atoms with Gasteiger partial charge in [0.2, 0.25) is 11.8 Å². The molecule has 1 aliphatic heterocycles. The summed E-state index contributed by atoms with van der Waals surface area (Å²) < 4.78 is 15.5. The number of carbonyl (C=O) groups is 2. The molecule has 184 valence electrons. The fourth-order valence-electron chi connectivity index (χ4n) is 4.30. The average Bonchev–Trinajstić information content (AvgIpc) is 3.23. The van der Waals surface area contributed by atoms with E-state index in [0.29, 0.717) is 40.6 Å². The molecule has 5 rings (SSSR count). The molecule has 0 saturated carbocycles. The van der Waals surface area contributed by atoms with Crippen LogP contribution in [0.1, 0.15) is 22.9 Å². The summed E-state index contributed by atoms with van der Waals surface area (Å²) in [4.78, 5) is 46.6. The first-order valence-electron chi connectivity index (χ1n) is 11.4. The molecule has 4 aromatic rings. The number of rotatable bonds is 5. The number of hydrogen-bond acceptors (Lipinski definition) is 6. The number of nitrogens with zero attached hydrogens (tertiary/aromatic N) is 3. The fourth-order valence-corrected chi connectivity index (χ4v) is 6.38. The summed E-state index contributed by atoms with van der Waals surface area (Å²) in [5, 5.41) is 3.53. The molecular weight excluding hydrogens is 499 g/mol. The summed E-state index contributed by atoms with van der Waals surface area (Å²) in [5.41, 5.74) is 2.44. The van der Waals surface area contributed by atoms with Gasteiger partial charge in [-0.05, 0) is 42.7 Å². The van der Waals surface area contributed by atoms with Crippen LogP contribution < -0.4 is 10.9 Å². The van der Waals surface area contributed by atoms with Gasteiger partial charge in [-0.25, -0.2) is 9.37 Å². The van der Waals surface area contributed by atoms with E-state index in [1.165, 1.54) is 23.5 Å². The minimum absolute atomic E-state index is 0.000460. The van der Waals surface area contributed by atoms with E-state index >= 15 is 0 Å². The maximum absolute atomic E-state index is 14.0. The molecule has 10 heteroatoms. The van der Waals surface area contributed by atoms with Crippen LogP contribution in [0.15, 0.2) is 58.5 Å². The first-order chi connectivity index (χ1) is 17.3. The Morgan fingerprint density at radius 2 is 1.92 bits per heavy atom. The van der Waals surface area contributed by atoms with Gasteiger partial charge < -0.3 is 10.2 Å². The number of nitrogens with one attached hydrogen (secondary N) is 1. The van der Waals surface area contributed by atoms with Gasteiger partial charge in [0.1, 0.15) is 10.6 Å². The van der Waals surface area contributed by atoms with Gasteiger partial charge in [0.25, 0.3) is 5.56 Å². The SMILES string of the molecule is CC(=O)N1CCc2c(sc3nc(SCC(=O)Nc4ccccc4F)n(-c4ccccc4C)c(=O)c23)C1. The van der Waals surface area contributed by atoms with Crippen molar-refractivity contribution >= 4 is 50.8 Å². The first kappa shape index (κ1) is 24.2. The van der Waals surface area contributed by atoms with Crippen molar-refractivity contribution in [2.24, 2.45) is 0 Å². The molecule has 36 heavy (non-hydrogen) atoms. The van der Waals surface area contributed by atoms with Crippen LogP contribution in [0.5, 0.6) is 0 Å². The van der Waals surface area contributed by atoms with Gasteiger partial charge >= 0.3 is 0 Å². The predicted molar refractivity (Wildman–Crippen MR) is 141 cm³/mol. The van der Waals surface area contributed by atoms with E-state index in [1.54, 1.807) is 28.5 Å². The predicted octanol–water partition coefficient (Wildman–Crippen LogP) is 4.53. The smallest absolute Gasteiger partial charge is 0.267 e. The van der Waals surface area contributed by atoms with Crippen molar-refractivity contribution < 1.29 is 14.0 Å². The molecule has 0 saturated heterocycles. The standard InChI is InChI=1S/C26H23FN4O3S2/c1-15-7-3-6-10-20(15)31-25(34)23-17-11-12-30(16(2)32)13-21(17)36-24(23)29-26(31)35-14-22(33)28-19-9-5-4-8-18(19)27/h3-10H,11-14H2,1-2H3,(H,28,33). The highest BCUT2D eigenvalue weighted by molar-refractivity contribution is 7.99. The first-order valence-corrected chi connectivity index (χ1v) is 13.2. The second-order valence-corrected chi connectivity index (χ2v) is 10.5. The third-order valence-electron chi connectivity index (χ3n) is 6.13. The zero-order valence-electron chi connectivity index (χ0n) is 19.7. The number of amides is 2. The van der Waals surface area contributed by atoms with Crippen LogP contribution >= 0.6 is 23.1 Å². The molecule has 1 N–H and O–H groups in total. The molecule has 1 aliphatic rings. The van der Waals surface area contributed by atoms with Gasteiger partial charge in [0, 0.05) is 18.3 Å². The number of aromatic nitrogens is 2. The summed E-state index contributed by atoms with van der Waals surface area (Å²) in [6.07, 6.45) is 0.594. The summed E-state index contributed by atoms with van der Waals surface area (Å²) >= 11 is 2.54. The summed E-state index contributed by atoms with van der Waals surface area (Å²) in [6.45, 7) is 4.48. The quantitative estimate of drug-likeness (QED) is 0.308. The van der Waals surface area contributed by atoms with Crippen LogP contribution in [0.4, 0.5) is 10.1 Å². The highest BCUT2D eigenvalue weighted by atomic mass is 32.2. The van der Waals surface area contributed by atoms with Crippen LogP contribution in [0, 0.1) is 12.7 Å². The van der Waals surface area contributed by atoms with E-state index in [9.17, 15) is 18.8 Å². The number of hydrogen-bond donors (Lipinski definition) is 1. The van der Waals surface area contributed by atoms with Crippen molar-refractivity contribution in [2.45, 2.75) is 32.0 Å². The Hall–Kier alpha value is -3.50. The van der Waals surface area contributed by atoms with E-state index in [4.69, 9.17) is 4.98 Å². The maximum atomic E-state index is 14.0. The summed E-state index contributed by atoms with van der Waals surface area (Å²) in [6, 6.07) is 13.5. The van der Waals surface area contributed by atoms with Crippen molar-refractivity contribution in [3.8, 4) is 5.69 Å². The topological polar surface area (TPSA) is 84.3 Å². The highest BCUT2D eigenvalue weighted by Crippen LogP contribution is 2.34. The van der Waals surface area contributed by atoms with E-state index in [2.05, 4.69) is 5.32 Å². The minimum atomic E-state index is -0.518. The molecule has 7 nitrogen and oxygen atoms in total. The van der Waals surface area contributed by atoms with Crippen LogP contribution in [0.3, 0.4) is 0 Å². The lowest BCUT2D eigenvalue weighted by Crippen LogP contribution is -2.34. The number of halogens is 1. The van der Waals surface area contributed by atoms with Crippen molar-refractivity contribution in [3.63, 3.8) is 0 Å². The van der Waals surface area contributed by atoms with E-state index < -0.39 is 11.7 Å². The molecule has 0 spiro atoms. The van der Waals surface area contributed by atoms with Crippen molar-refractivity contribution in [2.75, 3.05) is 17.6 Å². The van der Waals surface area contributed by atoms with Crippen LogP contribution in [0.2, 0.25) is 0 Å². The Morgan fingerprint density at radius 3 is 2.67 bits per heavy atom. The molecule has 2 aromatic heterocycles. The average molecular weight is 523 g/mol. The number of carbonyl (C=O) groups excluding carboxylic acids is 2. The van der Waals surface area contributed by atoms with Crippen molar-refractivity contribution in [3.05, 3.63) is 80.7 Å². The van der Waals surface area contributed by atoms with Crippen LogP contribution in [0.25, 0.3) is 15.9 Å². The molecule has 2 aromatic carbocycles. The summed E-state index contributed by atoms with van der Waals surface area (Å²) in [5.74, 6) is -0.976. The molecule has 3 heterocycles. The van der Waals surface area contributed by atoms with Gasteiger partial charge in [0.15, 0.2) is 5.16 Å². The molecule has 0 aliphatic carbocycles. The molecule has 0 atom stereocenters. The van der Waals surface area contributed by atoms with Crippen molar-refractivity contribution in [1.82, 2.24) is 14.5 Å². The van der Waals surface area contributed by atoms with Crippen molar-refractivity contribution in [1.29, 1.82) is 0 Å². The molecule has 0 bridgehead atoms. The number of thioether (sulfide) groups is 1. The zero-order valence-corrected chi connectivity index (χ0v) is 21.3. The Balaban J connectivity index is 1.55. The largest absolute Gasteiger partial charge is 0.337 e. The molecule has 2 amide bonds. The van der Waals surface area contributed by atoms with Gasteiger partial charge in [-0.1, -0.05) is 42.1 Å². The van der Waals surface area contributed by atoms with E-state index in [-0.39, 0.29) is 22.9 Å². The highest BCUT2D eigenvalue weighted by Gasteiger charge is 2.27. The lowest BCUT2D eigenvalue weighted by Gasteiger charge is -2.25. The molecule has 0 fully saturated rings. The Kier molecular flexibility index (Phi) is 6.63. The molecule has 0 unspecified atom stereocenters. The lowest BCUT2D eigenvalue weighted by atomic mass is 10.1. The van der Waals surface area contributed by atoms with E-state index in [0.717, 1.165) is 27.8 Å². The van der Waals surface area contributed by atoms with Gasteiger partial charge in [-0.15, -0.1) is 11.3 Å². The van der Waals surface area contributed by atoms with E-state index in [1.807, 2.05) is 31.2 Å². The number of benzene rings is 2. The zero-order chi connectivity index (χ0) is 25.4. The lowest BCUT2D eigenvalue weighted by molar-refractivity contribution is -0.129. The second kappa shape index (κ2) is 9.87. The number of para-hydroxylation sites is 2. The van der Waals surface area contributed by atoms with Gasteiger partial charge in [-0.3, -0.25) is 19.0 Å². The Bertz CT molecular complexity index is 1560. The summed E-state index contributed by atoms with van der Waals surface area (Å²) in [7, 11) is 0. The number of aryl methyl sites for hydroxylation is 1. The third kappa shape index (κ3) is 4.54. The normalized spacial score (nSPS) is 13.0. The van der Waals surface area contributed by atoms with Crippen LogP contribution in [-0.2, 0) is 22.6 Å². The Labute approximate surface area is 215 Å². The fraction of sp³-hybridized carbons (Fsp3) is 0.231. The van der Waals surface area contributed by atoms with Gasteiger partial charge in [-0.2, -0.15) is 0 Å². The van der Waals surface area contributed by atoms with Crippen LogP contribution in [-0.4, -0.2) is 38.6 Å². The Morgan fingerprint density at radius 1 is 1.17 bits per heavy atom. The molecule has 0 radical (unpaired) electrons. The second-order valence-electron chi connectivity index (χ2n) is 8.51. The molecular formula is C26H23FN4O3S2. The minimum Gasteiger partial charge on any atom is -0.337 e. The van der Waals surface area contributed by atoms with Gasteiger partial charge in [0.05, 0.1) is 29.1 Å². The third-order valence-corrected chi connectivity index (χ3v) is 8.17.